The summed E-state index contributed by atoms with van der Waals surface area (Å²) in [6, 6.07) is 1.35. The second-order valence-electron chi connectivity index (χ2n) is 5.27. The number of aromatic nitrogens is 2. The number of anilines is 1. The van der Waals surface area contributed by atoms with Crippen LogP contribution in [-0.4, -0.2) is 58.2 Å². The molecule has 1 amide bonds. The fourth-order valence-electron chi connectivity index (χ4n) is 2.50. The highest BCUT2D eigenvalue weighted by Crippen LogP contribution is 2.38. The van der Waals surface area contributed by atoms with Gasteiger partial charge in [-0.25, -0.2) is 9.97 Å². The molecule has 126 valence electrons. The van der Waals surface area contributed by atoms with E-state index in [0.29, 0.717) is 5.69 Å². The summed E-state index contributed by atoms with van der Waals surface area (Å²) in [5, 5.41) is 11.6. The maximum Gasteiger partial charge on any atom is 0.394 e. The molecular formula is C13H15F3N4O3. The van der Waals surface area contributed by atoms with Gasteiger partial charge >= 0.3 is 12.1 Å². The normalized spacial score (nSPS) is 21.3. The number of carboxylic acid groups (broad SMARTS) is 1. The Hall–Kier alpha value is -2.39. The van der Waals surface area contributed by atoms with Crippen molar-refractivity contribution in [2.75, 3.05) is 25.5 Å². The fourth-order valence-corrected chi connectivity index (χ4v) is 2.50. The van der Waals surface area contributed by atoms with Gasteiger partial charge in [-0.05, 0) is 13.0 Å². The van der Waals surface area contributed by atoms with E-state index in [1.807, 2.05) is 0 Å². The number of aliphatic carboxylic acids is 1. The average molecular weight is 332 g/mol. The highest BCUT2D eigenvalue weighted by Gasteiger charge is 2.53. The van der Waals surface area contributed by atoms with Crippen LogP contribution in [0.4, 0.5) is 19.1 Å². The predicted molar refractivity (Wildman–Crippen MR) is 72.9 cm³/mol. The molecule has 1 fully saturated rings. The standard InChI is InChI=1S/C13H15F3N4O3/c1-6-3-9(19-12(17-2)18-6)10(21)20-4-7(11(22)23)8(5-20)13(14,15)16/h3,7-8H,4-5H2,1-2H3,(H,22,23)(H,17,18,19)/t7-,8-/m1/s1. The summed E-state index contributed by atoms with van der Waals surface area (Å²) in [7, 11) is 1.54. The maximum atomic E-state index is 13.0. The molecule has 2 heterocycles. The van der Waals surface area contributed by atoms with Gasteiger partial charge in [0.15, 0.2) is 0 Å². The lowest BCUT2D eigenvalue weighted by atomic mass is 9.96. The summed E-state index contributed by atoms with van der Waals surface area (Å²) in [5.74, 6) is -5.92. The third-order valence-corrected chi connectivity index (χ3v) is 3.64. The lowest BCUT2D eigenvalue weighted by Gasteiger charge is -2.18. The molecule has 1 aromatic rings. The lowest BCUT2D eigenvalue weighted by Crippen LogP contribution is -2.34. The third kappa shape index (κ3) is 3.51. The number of likely N-dealkylation sites (tertiary alicyclic amines) is 1. The van der Waals surface area contributed by atoms with Gasteiger partial charge < -0.3 is 15.3 Å². The number of alkyl halides is 3. The fraction of sp³-hybridized carbons (Fsp3) is 0.538. The van der Waals surface area contributed by atoms with Gasteiger partial charge in [-0.1, -0.05) is 0 Å². The molecule has 0 radical (unpaired) electrons. The van der Waals surface area contributed by atoms with Crippen molar-refractivity contribution >= 4 is 17.8 Å². The van der Waals surface area contributed by atoms with Crippen LogP contribution in [0.5, 0.6) is 0 Å². The van der Waals surface area contributed by atoms with E-state index in [1.165, 1.54) is 6.07 Å². The van der Waals surface area contributed by atoms with E-state index in [2.05, 4.69) is 15.3 Å². The molecule has 2 atom stereocenters. The van der Waals surface area contributed by atoms with Crippen molar-refractivity contribution in [2.24, 2.45) is 11.8 Å². The summed E-state index contributed by atoms with van der Waals surface area (Å²) in [6.07, 6.45) is -4.68. The minimum absolute atomic E-state index is 0.0752. The number of nitrogens with zero attached hydrogens (tertiary/aromatic N) is 3. The highest BCUT2D eigenvalue weighted by atomic mass is 19.4. The number of carbonyl (C=O) groups is 2. The van der Waals surface area contributed by atoms with Crippen LogP contribution in [0.1, 0.15) is 16.2 Å². The molecule has 0 saturated carbocycles. The molecule has 7 nitrogen and oxygen atoms in total. The minimum atomic E-state index is -4.68. The van der Waals surface area contributed by atoms with E-state index >= 15 is 0 Å². The van der Waals surface area contributed by atoms with Gasteiger partial charge in [0.2, 0.25) is 5.95 Å². The Balaban J connectivity index is 2.27. The molecule has 10 heteroatoms. The van der Waals surface area contributed by atoms with Crippen LogP contribution in [-0.2, 0) is 4.79 Å². The molecule has 1 saturated heterocycles. The molecule has 2 rings (SSSR count). The van der Waals surface area contributed by atoms with E-state index in [4.69, 9.17) is 5.11 Å². The Morgan fingerprint density at radius 1 is 1.35 bits per heavy atom. The summed E-state index contributed by atoms with van der Waals surface area (Å²) in [6.45, 7) is 0.412. The molecule has 0 unspecified atom stereocenters. The van der Waals surface area contributed by atoms with Gasteiger partial charge in [-0.3, -0.25) is 9.59 Å². The topological polar surface area (TPSA) is 95.4 Å². The molecule has 2 N–H and O–H groups in total. The van der Waals surface area contributed by atoms with Gasteiger partial charge in [0.05, 0.1) is 11.8 Å². The van der Waals surface area contributed by atoms with Crippen molar-refractivity contribution in [1.29, 1.82) is 0 Å². The summed E-state index contributed by atoms with van der Waals surface area (Å²) in [4.78, 5) is 32.2. The van der Waals surface area contributed by atoms with Crippen molar-refractivity contribution in [1.82, 2.24) is 14.9 Å². The SMILES string of the molecule is CNc1nc(C)cc(C(=O)N2C[C@@H](C(F)(F)F)[C@H](C(=O)O)C2)n1. The Morgan fingerprint density at radius 3 is 2.48 bits per heavy atom. The molecule has 0 spiro atoms. The third-order valence-electron chi connectivity index (χ3n) is 3.64. The number of hydrogen-bond acceptors (Lipinski definition) is 5. The Morgan fingerprint density at radius 2 is 2.00 bits per heavy atom. The molecule has 0 aliphatic carbocycles. The van der Waals surface area contributed by atoms with Crippen molar-refractivity contribution in [3.63, 3.8) is 0 Å². The van der Waals surface area contributed by atoms with E-state index in [1.54, 1.807) is 14.0 Å². The summed E-state index contributed by atoms with van der Waals surface area (Å²) >= 11 is 0. The lowest BCUT2D eigenvalue weighted by molar-refractivity contribution is -0.187. The van der Waals surface area contributed by atoms with Gasteiger partial charge in [0.25, 0.3) is 5.91 Å². The van der Waals surface area contributed by atoms with Crippen molar-refractivity contribution < 1.29 is 27.9 Å². The first kappa shape index (κ1) is 17.0. The van der Waals surface area contributed by atoms with Crippen molar-refractivity contribution in [2.45, 2.75) is 13.1 Å². The first-order valence-corrected chi connectivity index (χ1v) is 6.75. The zero-order chi connectivity index (χ0) is 17.4. The Kier molecular flexibility index (Phi) is 4.44. The second-order valence-corrected chi connectivity index (χ2v) is 5.27. The van der Waals surface area contributed by atoms with Gasteiger partial charge in [-0.2, -0.15) is 13.2 Å². The number of carboxylic acids is 1. The quantitative estimate of drug-likeness (QED) is 0.862. The van der Waals surface area contributed by atoms with Crippen molar-refractivity contribution in [3.05, 3.63) is 17.5 Å². The first-order valence-electron chi connectivity index (χ1n) is 6.75. The molecule has 23 heavy (non-hydrogen) atoms. The molecule has 0 aromatic carbocycles. The van der Waals surface area contributed by atoms with E-state index in [-0.39, 0.29) is 11.6 Å². The van der Waals surface area contributed by atoms with E-state index in [0.717, 1.165) is 4.90 Å². The van der Waals surface area contributed by atoms with Crippen LogP contribution in [0, 0.1) is 18.8 Å². The van der Waals surface area contributed by atoms with Crippen molar-refractivity contribution in [3.8, 4) is 0 Å². The molecule has 1 aliphatic heterocycles. The Bertz CT molecular complexity index is 635. The predicted octanol–water partition coefficient (Wildman–Crippen LogP) is 1.16. The number of nitrogens with one attached hydrogen (secondary N) is 1. The van der Waals surface area contributed by atoms with Crippen LogP contribution in [0.2, 0.25) is 0 Å². The summed E-state index contributed by atoms with van der Waals surface area (Å²) in [5.41, 5.74) is 0.392. The van der Waals surface area contributed by atoms with Crippen LogP contribution in [0.15, 0.2) is 6.07 Å². The van der Waals surface area contributed by atoms with E-state index < -0.39 is 43.0 Å². The largest absolute Gasteiger partial charge is 0.481 e. The highest BCUT2D eigenvalue weighted by molar-refractivity contribution is 5.93. The van der Waals surface area contributed by atoms with Crippen LogP contribution in [0.25, 0.3) is 0 Å². The zero-order valence-corrected chi connectivity index (χ0v) is 12.4. The van der Waals surface area contributed by atoms with Gasteiger partial charge in [-0.15, -0.1) is 0 Å². The number of amides is 1. The molecule has 1 aliphatic rings. The van der Waals surface area contributed by atoms with E-state index in [9.17, 15) is 22.8 Å². The number of rotatable bonds is 3. The van der Waals surface area contributed by atoms with Gasteiger partial charge in [0.1, 0.15) is 5.69 Å². The zero-order valence-electron chi connectivity index (χ0n) is 12.4. The summed E-state index contributed by atoms with van der Waals surface area (Å²) < 4.78 is 38.9. The number of aryl methyl sites for hydroxylation is 1. The minimum Gasteiger partial charge on any atom is -0.481 e. The van der Waals surface area contributed by atoms with Crippen LogP contribution < -0.4 is 5.32 Å². The smallest absolute Gasteiger partial charge is 0.394 e. The monoisotopic (exact) mass is 332 g/mol. The molecule has 1 aromatic heterocycles. The number of hydrogen-bond donors (Lipinski definition) is 2. The number of halogens is 3. The second kappa shape index (κ2) is 6.01. The molecule has 0 bridgehead atoms. The Labute approximate surface area is 129 Å². The maximum absolute atomic E-state index is 13.0. The molecular weight excluding hydrogens is 317 g/mol. The average Bonchev–Trinajstić information content (AvgIpc) is 2.91. The van der Waals surface area contributed by atoms with Crippen LogP contribution in [0.3, 0.4) is 0 Å². The number of carbonyl (C=O) groups excluding carboxylic acids is 1. The van der Waals surface area contributed by atoms with Gasteiger partial charge in [0, 0.05) is 25.8 Å². The first-order chi connectivity index (χ1) is 10.6. The van der Waals surface area contributed by atoms with Crippen LogP contribution >= 0.6 is 0 Å².